The van der Waals surface area contributed by atoms with Crippen molar-refractivity contribution in [3.63, 3.8) is 0 Å². The number of nitrogens with zero attached hydrogens (tertiary/aromatic N) is 5. The number of rotatable bonds is 5. The third kappa shape index (κ3) is 3.96. The van der Waals surface area contributed by atoms with Gasteiger partial charge in [0.1, 0.15) is 5.69 Å². The van der Waals surface area contributed by atoms with Gasteiger partial charge < -0.3 is 15.3 Å². The van der Waals surface area contributed by atoms with Crippen molar-refractivity contribution in [1.29, 1.82) is 0 Å². The van der Waals surface area contributed by atoms with E-state index in [4.69, 9.17) is 0 Å². The summed E-state index contributed by atoms with van der Waals surface area (Å²) < 4.78 is 1.78. The van der Waals surface area contributed by atoms with Gasteiger partial charge in [0, 0.05) is 37.7 Å². The Morgan fingerprint density at radius 2 is 2.16 bits per heavy atom. The number of carbonyl (C=O) groups is 1. The summed E-state index contributed by atoms with van der Waals surface area (Å²) in [5.74, 6) is 0.334. The Hall–Kier alpha value is -2.48. The number of β-amino-alcohol motifs (C(OH)–C–C–N with tert-alkyl or cyclic N) is 1. The highest BCUT2D eigenvalue weighted by atomic mass is 16.3. The van der Waals surface area contributed by atoms with Crippen LogP contribution < -0.4 is 10.2 Å². The molecular weight excluding hydrogens is 320 g/mol. The largest absolute Gasteiger partial charge is 0.386 e. The molecule has 1 fully saturated rings. The van der Waals surface area contributed by atoms with E-state index < -0.39 is 5.60 Å². The lowest BCUT2D eigenvalue weighted by molar-refractivity contribution is 0.0251. The van der Waals surface area contributed by atoms with Crippen LogP contribution in [0.3, 0.4) is 0 Å². The monoisotopic (exact) mass is 344 g/mol. The van der Waals surface area contributed by atoms with Gasteiger partial charge in [-0.1, -0.05) is 0 Å². The molecule has 2 aromatic heterocycles. The van der Waals surface area contributed by atoms with Crippen LogP contribution in [0.5, 0.6) is 0 Å². The van der Waals surface area contributed by atoms with Crippen molar-refractivity contribution < 1.29 is 9.90 Å². The lowest BCUT2D eigenvalue weighted by atomic mass is 9.93. The van der Waals surface area contributed by atoms with Crippen LogP contribution in [0, 0.1) is 6.92 Å². The van der Waals surface area contributed by atoms with E-state index in [1.807, 2.05) is 18.7 Å². The zero-order valence-electron chi connectivity index (χ0n) is 14.6. The molecule has 1 saturated heterocycles. The highest BCUT2D eigenvalue weighted by molar-refractivity contribution is 5.92. The summed E-state index contributed by atoms with van der Waals surface area (Å²) in [6, 6.07) is 3.52. The minimum atomic E-state index is -1.00. The van der Waals surface area contributed by atoms with Gasteiger partial charge >= 0.3 is 0 Å². The van der Waals surface area contributed by atoms with E-state index >= 15 is 0 Å². The number of aryl methyl sites for hydroxylation is 2. The fraction of sp³-hybridized carbons (Fsp3) is 0.529. The summed E-state index contributed by atoms with van der Waals surface area (Å²) in [6.45, 7) is 5.97. The van der Waals surface area contributed by atoms with Crippen molar-refractivity contribution in [2.75, 3.05) is 24.5 Å². The van der Waals surface area contributed by atoms with Crippen LogP contribution in [0.25, 0.3) is 0 Å². The van der Waals surface area contributed by atoms with E-state index in [0.29, 0.717) is 24.6 Å². The smallest absolute Gasteiger partial charge is 0.271 e. The van der Waals surface area contributed by atoms with E-state index in [2.05, 4.69) is 20.4 Å². The summed E-state index contributed by atoms with van der Waals surface area (Å²) in [4.78, 5) is 22.7. The first-order valence-corrected chi connectivity index (χ1v) is 8.58. The quantitative estimate of drug-likeness (QED) is 0.831. The second-order valence-corrected chi connectivity index (χ2v) is 6.47. The predicted molar refractivity (Wildman–Crippen MR) is 93.4 cm³/mol. The van der Waals surface area contributed by atoms with Gasteiger partial charge in [0.05, 0.1) is 12.1 Å². The molecule has 1 atom stereocenters. The molecule has 1 unspecified atom stereocenters. The van der Waals surface area contributed by atoms with Gasteiger partial charge in [0.15, 0.2) is 0 Å². The average molecular weight is 344 g/mol. The number of amides is 1. The molecule has 2 N–H and O–H groups in total. The van der Waals surface area contributed by atoms with Crippen LogP contribution in [0.2, 0.25) is 0 Å². The van der Waals surface area contributed by atoms with E-state index in [0.717, 1.165) is 25.2 Å². The van der Waals surface area contributed by atoms with Crippen LogP contribution >= 0.6 is 0 Å². The van der Waals surface area contributed by atoms with E-state index in [-0.39, 0.29) is 12.5 Å². The SMILES string of the molecule is CCn1nc(C(=O)NCC2(O)CCCN(c3ncccn3)C2)cc1C. The fourth-order valence-corrected chi connectivity index (χ4v) is 3.16. The molecule has 8 heteroatoms. The molecule has 3 rings (SSSR count). The first kappa shape index (κ1) is 17.3. The number of hydrogen-bond acceptors (Lipinski definition) is 6. The van der Waals surface area contributed by atoms with E-state index in [1.54, 1.807) is 29.2 Å². The normalized spacial score (nSPS) is 20.5. The van der Waals surface area contributed by atoms with Crippen molar-refractivity contribution in [1.82, 2.24) is 25.1 Å². The summed E-state index contributed by atoms with van der Waals surface area (Å²) in [5.41, 5.74) is 0.314. The maximum absolute atomic E-state index is 12.3. The Balaban J connectivity index is 1.62. The van der Waals surface area contributed by atoms with Gasteiger partial charge in [0.2, 0.25) is 5.95 Å². The van der Waals surface area contributed by atoms with Crippen molar-refractivity contribution in [3.05, 3.63) is 35.9 Å². The van der Waals surface area contributed by atoms with E-state index in [9.17, 15) is 9.90 Å². The number of aromatic nitrogens is 4. The third-order valence-corrected chi connectivity index (χ3v) is 4.48. The highest BCUT2D eigenvalue weighted by Gasteiger charge is 2.34. The molecule has 0 saturated carbocycles. The zero-order valence-corrected chi connectivity index (χ0v) is 14.6. The Bertz CT molecular complexity index is 732. The predicted octanol–water partition coefficient (Wildman–Crippen LogP) is 0.763. The van der Waals surface area contributed by atoms with Crippen molar-refractivity contribution >= 4 is 11.9 Å². The topological polar surface area (TPSA) is 96.2 Å². The molecule has 0 bridgehead atoms. The molecule has 0 aromatic carbocycles. The van der Waals surface area contributed by atoms with Gasteiger partial charge in [-0.25, -0.2) is 9.97 Å². The maximum atomic E-state index is 12.3. The first-order valence-electron chi connectivity index (χ1n) is 8.58. The average Bonchev–Trinajstić information content (AvgIpc) is 3.01. The fourth-order valence-electron chi connectivity index (χ4n) is 3.16. The van der Waals surface area contributed by atoms with Crippen molar-refractivity contribution in [2.24, 2.45) is 0 Å². The van der Waals surface area contributed by atoms with Gasteiger partial charge in [-0.05, 0) is 38.8 Å². The summed E-state index contributed by atoms with van der Waals surface area (Å²) >= 11 is 0. The number of piperidine rings is 1. The molecule has 0 radical (unpaired) electrons. The highest BCUT2D eigenvalue weighted by Crippen LogP contribution is 2.23. The summed E-state index contributed by atoms with van der Waals surface area (Å²) in [6.07, 6.45) is 4.81. The molecule has 25 heavy (non-hydrogen) atoms. The third-order valence-electron chi connectivity index (χ3n) is 4.48. The molecule has 3 heterocycles. The van der Waals surface area contributed by atoms with Gasteiger partial charge in [-0.2, -0.15) is 5.10 Å². The minimum absolute atomic E-state index is 0.174. The lowest BCUT2D eigenvalue weighted by Crippen LogP contribution is -2.54. The molecule has 1 aliphatic heterocycles. The zero-order chi connectivity index (χ0) is 17.9. The molecule has 0 aliphatic carbocycles. The molecule has 1 aliphatic rings. The van der Waals surface area contributed by atoms with Crippen LogP contribution in [-0.4, -0.2) is 56.0 Å². The van der Waals surface area contributed by atoms with Crippen molar-refractivity contribution in [3.8, 4) is 0 Å². The summed E-state index contributed by atoms with van der Waals surface area (Å²) in [5, 5.41) is 18.0. The van der Waals surface area contributed by atoms with Gasteiger partial charge in [-0.3, -0.25) is 9.48 Å². The standard InChI is InChI=1S/C17H24N6O2/c1-3-23-13(2)10-14(21-23)15(24)20-11-17(25)6-4-9-22(12-17)16-18-7-5-8-19-16/h5,7-8,10,25H,3-4,6,9,11-12H2,1-2H3,(H,20,24). The number of hydrogen-bond donors (Lipinski definition) is 2. The molecule has 0 spiro atoms. The molecule has 1 amide bonds. The number of carbonyl (C=O) groups excluding carboxylic acids is 1. The van der Waals surface area contributed by atoms with Crippen LogP contribution in [0.1, 0.15) is 35.9 Å². The Kier molecular flexibility index (Phi) is 4.98. The van der Waals surface area contributed by atoms with Gasteiger partial charge in [-0.15, -0.1) is 0 Å². The van der Waals surface area contributed by atoms with Crippen LogP contribution in [-0.2, 0) is 6.54 Å². The Morgan fingerprint density at radius 1 is 1.40 bits per heavy atom. The van der Waals surface area contributed by atoms with Crippen LogP contribution in [0.15, 0.2) is 24.5 Å². The Labute approximate surface area is 146 Å². The molecule has 8 nitrogen and oxygen atoms in total. The van der Waals surface area contributed by atoms with E-state index in [1.165, 1.54) is 0 Å². The second kappa shape index (κ2) is 7.18. The summed E-state index contributed by atoms with van der Waals surface area (Å²) in [7, 11) is 0. The minimum Gasteiger partial charge on any atom is -0.386 e. The second-order valence-electron chi connectivity index (χ2n) is 6.47. The van der Waals surface area contributed by atoms with Crippen LogP contribution in [0.4, 0.5) is 5.95 Å². The maximum Gasteiger partial charge on any atom is 0.271 e. The number of nitrogens with one attached hydrogen (secondary N) is 1. The number of aliphatic hydroxyl groups is 1. The first-order chi connectivity index (χ1) is 12.0. The lowest BCUT2D eigenvalue weighted by Gasteiger charge is -2.39. The van der Waals surface area contributed by atoms with Gasteiger partial charge in [0.25, 0.3) is 5.91 Å². The molecule has 134 valence electrons. The molecular formula is C17H24N6O2. The number of anilines is 1. The van der Waals surface area contributed by atoms with Crippen molar-refractivity contribution in [2.45, 2.75) is 38.8 Å². The molecule has 2 aromatic rings. The Morgan fingerprint density at radius 3 is 2.84 bits per heavy atom.